The van der Waals surface area contributed by atoms with E-state index >= 15 is 0 Å². The Hall–Kier alpha value is -2.39. The van der Waals surface area contributed by atoms with Crippen LogP contribution in [0.4, 0.5) is 0 Å². The van der Waals surface area contributed by atoms with Crippen LogP contribution in [0.25, 0.3) is 0 Å². The largest absolute Gasteiger partial charge is 0.459 e. The summed E-state index contributed by atoms with van der Waals surface area (Å²) in [4.78, 5) is 62.3. The Balaban J connectivity index is 1.96. The fraction of sp³-hybridized carbons (Fsp3) is 0.696. The van der Waals surface area contributed by atoms with Gasteiger partial charge in [-0.1, -0.05) is 13.8 Å². The number of carbonyl (C=O) groups is 5. The second-order valence-electron chi connectivity index (χ2n) is 10.0. The predicted molar refractivity (Wildman–Crippen MR) is 107 cm³/mol. The van der Waals surface area contributed by atoms with E-state index in [4.69, 9.17) is 9.47 Å². The second-order valence-corrected chi connectivity index (χ2v) is 10.0. The highest BCUT2D eigenvalue weighted by molar-refractivity contribution is 6.09. The van der Waals surface area contributed by atoms with E-state index in [2.05, 4.69) is 4.74 Å². The first-order valence-corrected chi connectivity index (χ1v) is 10.8. The van der Waals surface area contributed by atoms with E-state index in [-0.39, 0.29) is 23.6 Å². The van der Waals surface area contributed by atoms with E-state index in [0.29, 0.717) is 12.8 Å². The molecule has 0 radical (unpaired) electrons. The van der Waals surface area contributed by atoms with Crippen molar-refractivity contribution in [2.24, 2.45) is 22.7 Å². The van der Waals surface area contributed by atoms with Crippen LogP contribution in [0, 0.1) is 22.7 Å². The molecule has 0 amide bonds. The van der Waals surface area contributed by atoms with Crippen LogP contribution >= 0.6 is 0 Å². The molecule has 1 saturated heterocycles. The van der Waals surface area contributed by atoms with Gasteiger partial charge in [0.2, 0.25) is 0 Å². The third-order valence-corrected chi connectivity index (χ3v) is 8.06. The molecular formula is C23H28O9. The summed E-state index contributed by atoms with van der Waals surface area (Å²) in [6.07, 6.45) is -1.16. The molecule has 4 rings (SSSR count). The van der Waals surface area contributed by atoms with Crippen LogP contribution in [0.3, 0.4) is 0 Å². The highest BCUT2D eigenvalue weighted by Gasteiger charge is 2.87. The number of epoxide rings is 1. The average Bonchev–Trinajstić information content (AvgIpc) is 3.34. The lowest BCUT2D eigenvalue weighted by molar-refractivity contribution is -0.196. The molecule has 0 aromatic rings. The van der Waals surface area contributed by atoms with Crippen molar-refractivity contribution in [1.29, 1.82) is 0 Å². The Labute approximate surface area is 185 Å². The van der Waals surface area contributed by atoms with Gasteiger partial charge < -0.3 is 19.3 Å². The zero-order valence-electron chi connectivity index (χ0n) is 18.8. The molecule has 0 unspecified atom stereocenters. The minimum absolute atomic E-state index is 0.0123. The van der Waals surface area contributed by atoms with Gasteiger partial charge in [0.05, 0.1) is 17.4 Å². The molecule has 1 N–H and O–H groups in total. The smallest absolute Gasteiger partial charge is 0.342 e. The molecule has 32 heavy (non-hydrogen) atoms. The molecule has 2 saturated carbocycles. The van der Waals surface area contributed by atoms with E-state index in [1.54, 1.807) is 0 Å². The third kappa shape index (κ3) is 2.73. The summed E-state index contributed by atoms with van der Waals surface area (Å²) in [5.74, 6) is -4.97. The zero-order valence-corrected chi connectivity index (χ0v) is 18.8. The lowest BCUT2D eigenvalue weighted by atomic mass is 9.41. The summed E-state index contributed by atoms with van der Waals surface area (Å²) in [5.41, 5.74) is -3.30. The van der Waals surface area contributed by atoms with E-state index in [1.807, 2.05) is 13.8 Å². The predicted octanol–water partition coefficient (Wildman–Crippen LogP) is 1.05. The highest BCUT2D eigenvalue weighted by atomic mass is 16.7. The Morgan fingerprint density at radius 3 is 2.34 bits per heavy atom. The van der Waals surface area contributed by atoms with Crippen molar-refractivity contribution in [3.05, 3.63) is 11.6 Å². The number of hydrogen-bond acceptors (Lipinski definition) is 9. The molecule has 4 aliphatic rings. The van der Waals surface area contributed by atoms with E-state index in [1.165, 1.54) is 20.8 Å². The Morgan fingerprint density at radius 2 is 1.84 bits per heavy atom. The molecule has 174 valence electrons. The average molecular weight is 448 g/mol. The lowest BCUT2D eigenvalue weighted by Gasteiger charge is -2.60. The van der Waals surface area contributed by atoms with Crippen molar-refractivity contribution in [3.63, 3.8) is 0 Å². The molecular weight excluding hydrogens is 420 g/mol. The quantitative estimate of drug-likeness (QED) is 0.372. The number of hydrogen-bond donors (Lipinski definition) is 1. The van der Waals surface area contributed by atoms with Gasteiger partial charge in [0.15, 0.2) is 0 Å². The van der Waals surface area contributed by atoms with Gasteiger partial charge >= 0.3 is 17.9 Å². The summed E-state index contributed by atoms with van der Waals surface area (Å²) in [6.45, 7) is 7.76. The van der Waals surface area contributed by atoms with E-state index in [0.717, 1.165) is 6.08 Å². The van der Waals surface area contributed by atoms with Crippen LogP contribution in [0.2, 0.25) is 0 Å². The molecule has 0 aromatic heterocycles. The summed E-state index contributed by atoms with van der Waals surface area (Å²) < 4.78 is 16.4. The van der Waals surface area contributed by atoms with Crippen molar-refractivity contribution in [3.8, 4) is 0 Å². The van der Waals surface area contributed by atoms with Crippen LogP contribution in [-0.4, -0.2) is 58.5 Å². The maximum absolute atomic E-state index is 13.5. The lowest BCUT2D eigenvalue weighted by Crippen LogP contribution is -2.72. The van der Waals surface area contributed by atoms with Gasteiger partial charge in [-0.05, 0) is 44.4 Å². The maximum atomic E-state index is 13.5. The summed E-state index contributed by atoms with van der Waals surface area (Å²) in [5, 5.41) is 11.4. The number of rotatable bonds is 5. The van der Waals surface area contributed by atoms with Gasteiger partial charge in [-0.3, -0.25) is 14.4 Å². The topological polar surface area (TPSA) is 137 Å². The molecule has 9 heteroatoms. The van der Waals surface area contributed by atoms with Crippen molar-refractivity contribution in [2.45, 2.75) is 77.8 Å². The number of carbonyl (C=O) groups excluding carboxylic acids is 5. The van der Waals surface area contributed by atoms with Crippen molar-refractivity contribution in [2.75, 3.05) is 0 Å². The Bertz CT molecular complexity index is 963. The zero-order chi connectivity index (χ0) is 23.8. The van der Waals surface area contributed by atoms with Crippen LogP contribution in [0.5, 0.6) is 0 Å². The molecule has 2 aliphatic heterocycles. The normalized spacial score (nSPS) is 41.7. The van der Waals surface area contributed by atoms with Gasteiger partial charge in [0.1, 0.15) is 29.4 Å². The van der Waals surface area contributed by atoms with Crippen molar-refractivity contribution < 1.29 is 43.3 Å². The van der Waals surface area contributed by atoms with Gasteiger partial charge in [-0.2, -0.15) is 0 Å². The molecule has 7 atom stereocenters. The SMILES string of the molecule is CC(=O)O[C@@H]1[C@@H](C(C)=O)[C@H](CC2=CC(=O)OC2=O)[C@@]2(C(C)=O)[C@@H](O)CCC(C)(C)[C@@]23O[C@@H]13. The highest BCUT2D eigenvalue weighted by Crippen LogP contribution is 2.74. The van der Waals surface area contributed by atoms with Crippen LogP contribution < -0.4 is 0 Å². The Kier molecular flexibility index (Phi) is 5.02. The first-order valence-electron chi connectivity index (χ1n) is 10.8. The van der Waals surface area contributed by atoms with E-state index < -0.39 is 64.5 Å². The molecule has 0 bridgehead atoms. The molecule has 9 nitrogen and oxygen atoms in total. The van der Waals surface area contributed by atoms with Crippen LogP contribution in [-0.2, 0) is 38.2 Å². The molecule has 0 aromatic carbocycles. The van der Waals surface area contributed by atoms with Crippen LogP contribution in [0.15, 0.2) is 11.6 Å². The standard InChI is InChI=1S/C23H28O9/c1-10(24)17-14(8-13-9-16(28)31-20(13)29)22(11(2)25)15(27)6-7-21(4,5)23(22)19(32-23)18(17)30-12(3)26/h9,14-15,17-19,27H,6-8H2,1-5H3/t14-,15-,17-,18+,19-,22-,23+/m0/s1. The first-order chi connectivity index (χ1) is 14.8. The minimum Gasteiger partial charge on any atom is -0.459 e. The fourth-order valence-corrected chi connectivity index (χ4v) is 6.94. The first kappa shape index (κ1) is 22.8. The molecule has 2 heterocycles. The summed E-state index contributed by atoms with van der Waals surface area (Å²) >= 11 is 0. The van der Waals surface area contributed by atoms with Crippen LogP contribution in [0.1, 0.15) is 53.9 Å². The number of ether oxygens (including phenoxy) is 3. The van der Waals surface area contributed by atoms with Crippen molar-refractivity contribution >= 4 is 29.5 Å². The van der Waals surface area contributed by atoms with Gasteiger partial charge in [0, 0.05) is 18.6 Å². The maximum Gasteiger partial charge on any atom is 0.342 e. The molecule has 1 spiro atoms. The monoisotopic (exact) mass is 448 g/mol. The third-order valence-electron chi connectivity index (χ3n) is 8.06. The fourth-order valence-electron chi connectivity index (χ4n) is 6.94. The number of cyclic esters (lactones) is 2. The number of ketones is 2. The second kappa shape index (κ2) is 7.05. The minimum atomic E-state index is -1.53. The van der Waals surface area contributed by atoms with Gasteiger partial charge in [0.25, 0.3) is 0 Å². The number of esters is 3. The van der Waals surface area contributed by atoms with Gasteiger partial charge in [-0.25, -0.2) is 9.59 Å². The summed E-state index contributed by atoms with van der Waals surface area (Å²) in [7, 11) is 0. The summed E-state index contributed by atoms with van der Waals surface area (Å²) in [6, 6.07) is 0. The van der Waals surface area contributed by atoms with E-state index in [9.17, 15) is 29.1 Å². The van der Waals surface area contributed by atoms with Crippen molar-refractivity contribution in [1.82, 2.24) is 0 Å². The molecule has 2 aliphatic carbocycles. The number of Topliss-reactive ketones (excluding diaryl/α,β-unsaturated/α-hetero) is 2. The number of aliphatic hydroxyl groups is 1. The molecule has 3 fully saturated rings. The Morgan fingerprint density at radius 1 is 1.19 bits per heavy atom. The van der Waals surface area contributed by atoms with Gasteiger partial charge in [-0.15, -0.1) is 0 Å². The number of aliphatic hydroxyl groups excluding tert-OH is 1.